The Kier molecular flexibility index (Phi) is 3.06. The van der Waals surface area contributed by atoms with Gasteiger partial charge in [-0.3, -0.25) is 4.98 Å². The predicted octanol–water partition coefficient (Wildman–Crippen LogP) is 3.11. The average Bonchev–Trinajstić information content (AvgIpc) is 2.29. The molecular weight excluding hydrogens is 224 g/mol. The summed E-state index contributed by atoms with van der Waals surface area (Å²) < 4.78 is 5.28. The summed E-state index contributed by atoms with van der Waals surface area (Å²) in [6, 6.07) is 5.90. The van der Waals surface area contributed by atoms with Gasteiger partial charge in [0.1, 0.15) is 10.9 Å². The van der Waals surface area contributed by atoms with Crippen LogP contribution in [0.2, 0.25) is 5.15 Å². The third kappa shape index (κ3) is 2.14. The van der Waals surface area contributed by atoms with E-state index in [1.165, 1.54) is 6.20 Å². The highest BCUT2D eigenvalue weighted by Gasteiger charge is 2.08. The molecule has 0 bridgehead atoms. The Morgan fingerprint density at radius 2 is 2.06 bits per heavy atom. The van der Waals surface area contributed by atoms with Crippen molar-refractivity contribution in [2.75, 3.05) is 7.11 Å². The van der Waals surface area contributed by atoms with Gasteiger partial charge in [0, 0.05) is 5.56 Å². The van der Waals surface area contributed by atoms with Gasteiger partial charge in [-0.2, -0.15) is 0 Å². The number of hydrogen-bond donors (Lipinski definition) is 0. The molecule has 16 heavy (non-hydrogen) atoms. The van der Waals surface area contributed by atoms with Gasteiger partial charge in [0.05, 0.1) is 25.2 Å². The molecule has 0 spiro atoms. The summed E-state index contributed by atoms with van der Waals surface area (Å²) in [5.41, 5.74) is 2.75. The Morgan fingerprint density at radius 1 is 1.25 bits per heavy atom. The Morgan fingerprint density at radius 3 is 2.75 bits per heavy atom. The molecule has 0 saturated heterocycles. The number of nitrogens with zero attached hydrogens (tertiary/aromatic N) is 2. The van der Waals surface area contributed by atoms with Crippen LogP contribution in [-0.2, 0) is 0 Å². The molecule has 0 N–H and O–H groups in total. The van der Waals surface area contributed by atoms with Crippen LogP contribution in [0.5, 0.6) is 5.75 Å². The van der Waals surface area contributed by atoms with Gasteiger partial charge in [0.15, 0.2) is 0 Å². The van der Waals surface area contributed by atoms with Crippen LogP contribution >= 0.6 is 11.6 Å². The highest BCUT2D eigenvalue weighted by atomic mass is 35.5. The third-order valence-corrected chi connectivity index (χ3v) is 2.42. The summed E-state index contributed by atoms with van der Waals surface area (Å²) in [5.74, 6) is 0.766. The molecule has 1 heterocycles. The van der Waals surface area contributed by atoms with Crippen LogP contribution < -0.4 is 4.74 Å². The van der Waals surface area contributed by atoms with Crippen LogP contribution in [-0.4, -0.2) is 17.1 Å². The summed E-state index contributed by atoms with van der Waals surface area (Å²) >= 11 is 5.82. The Bertz CT molecular complexity index is 514. The highest BCUT2D eigenvalue weighted by Crippen LogP contribution is 2.29. The van der Waals surface area contributed by atoms with Crippen LogP contribution in [0.1, 0.15) is 5.56 Å². The van der Waals surface area contributed by atoms with Crippen LogP contribution in [0.15, 0.2) is 30.6 Å². The highest BCUT2D eigenvalue weighted by molar-refractivity contribution is 6.29. The van der Waals surface area contributed by atoms with Crippen molar-refractivity contribution < 1.29 is 4.74 Å². The van der Waals surface area contributed by atoms with Crippen molar-refractivity contribution in [3.05, 3.63) is 41.3 Å². The largest absolute Gasteiger partial charge is 0.496 e. The molecule has 1 aromatic carbocycles. The summed E-state index contributed by atoms with van der Waals surface area (Å²) in [6.07, 6.45) is 3.18. The maximum absolute atomic E-state index is 5.82. The van der Waals surface area contributed by atoms with Crippen LogP contribution in [0, 0.1) is 6.92 Å². The zero-order valence-electron chi connectivity index (χ0n) is 9.07. The van der Waals surface area contributed by atoms with E-state index in [1.807, 2.05) is 25.1 Å². The van der Waals surface area contributed by atoms with Crippen molar-refractivity contribution in [2.24, 2.45) is 0 Å². The molecule has 0 fully saturated rings. The molecule has 0 saturated carbocycles. The minimum absolute atomic E-state index is 0.376. The molecule has 0 aliphatic rings. The number of hydrogen-bond acceptors (Lipinski definition) is 3. The van der Waals surface area contributed by atoms with Crippen molar-refractivity contribution >= 4 is 11.6 Å². The lowest BCUT2D eigenvalue weighted by Crippen LogP contribution is -1.92. The number of halogens is 1. The minimum atomic E-state index is 0.376. The smallest absolute Gasteiger partial charge is 0.148 e. The zero-order valence-corrected chi connectivity index (χ0v) is 9.82. The monoisotopic (exact) mass is 234 g/mol. The average molecular weight is 235 g/mol. The number of rotatable bonds is 2. The molecule has 82 valence electrons. The maximum atomic E-state index is 5.82. The fraction of sp³-hybridized carbons (Fsp3) is 0.167. The van der Waals surface area contributed by atoms with Gasteiger partial charge in [-0.15, -0.1) is 0 Å². The molecule has 3 nitrogen and oxygen atoms in total. The fourth-order valence-electron chi connectivity index (χ4n) is 1.49. The van der Waals surface area contributed by atoms with E-state index in [-0.39, 0.29) is 0 Å². The molecule has 0 aliphatic heterocycles. The standard InChI is InChI=1S/C12H11ClN2O/c1-8-3-4-11(16-2)9(5-8)10-6-14-7-12(13)15-10/h3-7H,1-2H3. The molecule has 0 atom stereocenters. The molecule has 0 amide bonds. The first-order valence-electron chi connectivity index (χ1n) is 4.83. The van der Waals surface area contributed by atoms with Crippen molar-refractivity contribution in [3.8, 4) is 17.0 Å². The van der Waals surface area contributed by atoms with E-state index in [9.17, 15) is 0 Å². The van der Waals surface area contributed by atoms with Gasteiger partial charge in [0.2, 0.25) is 0 Å². The Balaban J connectivity index is 2.58. The second-order valence-corrected chi connectivity index (χ2v) is 3.82. The molecule has 2 rings (SSSR count). The number of methoxy groups -OCH3 is 1. The van der Waals surface area contributed by atoms with E-state index in [4.69, 9.17) is 16.3 Å². The van der Waals surface area contributed by atoms with E-state index >= 15 is 0 Å². The first-order valence-corrected chi connectivity index (χ1v) is 5.21. The van der Waals surface area contributed by atoms with E-state index in [0.717, 1.165) is 16.9 Å². The molecule has 2 aromatic rings. The lowest BCUT2D eigenvalue weighted by molar-refractivity contribution is 0.416. The first-order chi connectivity index (χ1) is 7.70. The molecule has 0 aliphatic carbocycles. The molecule has 0 radical (unpaired) electrons. The van der Waals surface area contributed by atoms with Gasteiger partial charge in [-0.05, 0) is 19.1 Å². The van der Waals surface area contributed by atoms with E-state index in [2.05, 4.69) is 9.97 Å². The van der Waals surface area contributed by atoms with Gasteiger partial charge in [-0.1, -0.05) is 23.2 Å². The third-order valence-electron chi connectivity index (χ3n) is 2.24. The summed E-state index contributed by atoms with van der Waals surface area (Å²) in [6.45, 7) is 2.01. The van der Waals surface area contributed by atoms with Gasteiger partial charge in [-0.25, -0.2) is 4.98 Å². The summed E-state index contributed by atoms with van der Waals surface area (Å²) in [5, 5.41) is 0.376. The van der Waals surface area contributed by atoms with E-state index in [1.54, 1.807) is 13.3 Å². The van der Waals surface area contributed by atoms with Crippen LogP contribution in [0.25, 0.3) is 11.3 Å². The number of benzene rings is 1. The van der Waals surface area contributed by atoms with Gasteiger partial charge < -0.3 is 4.74 Å². The minimum Gasteiger partial charge on any atom is -0.496 e. The molecular formula is C12H11ClN2O. The van der Waals surface area contributed by atoms with E-state index < -0.39 is 0 Å². The number of ether oxygens (including phenoxy) is 1. The second kappa shape index (κ2) is 4.49. The zero-order chi connectivity index (χ0) is 11.5. The van der Waals surface area contributed by atoms with Crippen molar-refractivity contribution in [3.63, 3.8) is 0 Å². The quantitative estimate of drug-likeness (QED) is 0.801. The Labute approximate surface area is 99.1 Å². The van der Waals surface area contributed by atoms with Crippen LogP contribution in [0.3, 0.4) is 0 Å². The fourth-order valence-corrected chi connectivity index (χ4v) is 1.64. The predicted molar refractivity (Wildman–Crippen MR) is 63.8 cm³/mol. The van der Waals surface area contributed by atoms with Gasteiger partial charge in [0.25, 0.3) is 0 Å². The topological polar surface area (TPSA) is 35.0 Å². The number of aromatic nitrogens is 2. The lowest BCUT2D eigenvalue weighted by atomic mass is 10.1. The molecule has 4 heteroatoms. The van der Waals surface area contributed by atoms with E-state index in [0.29, 0.717) is 10.8 Å². The second-order valence-electron chi connectivity index (χ2n) is 3.43. The van der Waals surface area contributed by atoms with Crippen molar-refractivity contribution in [2.45, 2.75) is 6.92 Å². The number of aryl methyl sites for hydroxylation is 1. The normalized spacial score (nSPS) is 10.2. The maximum Gasteiger partial charge on any atom is 0.148 e. The summed E-state index contributed by atoms with van der Waals surface area (Å²) in [4.78, 5) is 8.23. The van der Waals surface area contributed by atoms with Crippen molar-refractivity contribution in [1.82, 2.24) is 9.97 Å². The van der Waals surface area contributed by atoms with Crippen molar-refractivity contribution in [1.29, 1.82) is 0 Å². The molecule has 1 aromatic heterocycles. The Hall–Kier alpha value is -1.61. The SMILES string of the molecule is COc1ccc(C)cc1-c1cncc(Cl)n1. The van der Waals surface area contributed by atoms with Gasteiger partial charge >= 0.3 is 0 Å². The first kappa shape index (κ1) is 10.9. The summed E-state index contributed by atoms with van der Waals surface area (Å²) in [7, 11) is 1.63. The molecule has 0 unspecified atom stereocenters. The van der Waals surface area contributed by atoms with Crippen LogP contribution in [0.4, 0.5) is 0 Å². The lowest BCUT2D eigenvalue weighted by Gasteiger charge is -2.08.